The van der Waals surface area contributed by atoms with E-state index in [0.717, 1.165) is 22.7 Å². The first kappa shape index (κ1) is 16.5. The lowest BCUT2D eigenvalue weighted by atomic mass is 10.1. The zero-order valence-electron chi connectivity index (χ0n) is 12.6. The number of hydrogen-bond acceptors (Lipinski definition) is 5. The summed E-state index contributed by atoms with van der Waals surface area (Å²) in [6.45, 7) is 4.04. The van der Waals surface area contributed by atoms with E-state index in [2.05, 4.69) is 16.7 Å². The molecule has 0 spiro atoms. The van der Waals surface area contributed by atoms with E-state index in [-0.39, 0.29) is 11.8 Å². The van der Waals surface area contributed by atoms with Crippen LogP contribution in [0.5, 0.6) is 0 Å². The second kappa shape index (κ2) is 6.09. The number of nitrogens with zero attached hydrogens (tertiary/aromatic N) is 1. The predicted octanol–water partition coefficient (Wildman–Crippen LogP) is 1.49. The highest BCUT2D eigenvalue weighted by Crippen LogP contribution is 2.22. The van der Waals surface area contributed by atoms with E-state index in [1.807, 2.05) is 19.2 Å². The molecule has 6 heteroatoms. The summed E-state index contributed by atoms with van der Waals surface area (Å²) < 4.78 is 23.0. The van der Waals surface area contributed by atoms with Crippen LogP contribution in [0, 0.1) is 11.8 Å². The highest BCUT2D eigenvalue weighted by atomic mass is 32.2. The van der Waals surface area contributed by atoms with Gasteiger partial charge < -0.3 is 5.11 Å². The predicted molar refractivity (Wildman–Crippen MR) is 86.0 cm³/mol. The Morgan fingerprint density at radius 3 is 2.76 bits per heavy atom. The largest absolute Gasteiger partial charge is 0.378 e. The van der Waals surface area contributed by atoms with Crippen molar-refractivity contribution in [2.24, 2.45) is 0 Å². The monoisotopic (exact) mass is 327 g/mol. The molecule has 2 heterocycles. The minimum atomic E-state index is -2.84. The minimum absolute atomic E-state index is 0.114. The third-order valence-electron chi connectivity index (χ3n) is 3.39. The topological polar surface area (TPSA) is 57.6 Å². The van der Waals surface area contributed by atoms with Crippen molar-refractivity contribution in [2.75, 3.05) is 18.6 Å². The fourth-order valence-corrected chi connectivity index (χ4v) is 4.97. The van der Waals surface area contributed by atoms with Gasteiger partial charge in [-0.1, -0.05) is 11.8 Å². The third-order valence-corrected chi connectivity index (χ3v) is 6.13. The summed E-state index contributed by atoms with van der Waals surface area (Å²) in [5.41, 5.74) is -0.987. The van der Waals surface area contributed by atoms with E-state index in [1.54, 1.807) is 25.2 Å². The Morgan fingerprint density at radius 2 is 2.19 bits per heavy atom. The van der Waals surface area contributed by atoms with Crippen molar-refractivity contribution in [3.63, 3.8) is 0 Å². The Hall–Kier alpha value is -0.870. The molecule has 1 N–H and O–H groups in total. The molecule has 21 heavy (non-hydrogen) atoms. The summed E-state index contributed by atoms with van der Waals surface area (Å²) in [7, 11) is -0.875. The number of hydrogen-bond donors (Lipinski definition) is 1. The summed E-state index contributed by atoms with van der Waals surface area (Å²) in [4.78, 5) is 4.17. The quantitative estimate of drug-likeness (QED) is 0.855. The lowest BCUT2D eigenvalue weighted by molar-refractivity contribution is 0.143. The van der Waals surface area contributed by atoms with Crippen LogP contribution >= 0.6 is 11.3 Å². The van der Waals surface area contributed by atoms with Gasteiger partial charge in [-0.15, -0.1) is 11.3 Å². The summed E-state index contributed by atoms with van der Waals surface area (Å²) in [5, 5.41) is 9.59. The molecule has 1 aliphatic rings. The standard InChI is InChI=1S/C15H21NO3S2/c1-15(2,17)8-6-13-4-5-14(20-13)10-16(3)12-7-9-21(18,19)11-12/h4-5,12,17H,7,9-11H2,1-3H3/t12-/m0/s1. The molecule has 0 aromatic carbocycles. The van der Waals surface area contributed by atoms with Gasteiger partial charge in [-0.05, 0) is 39.4 Å². The van der Waals surface area contributed by atoms with Crippen LogP contribution in [0.25, 0.3) is 0 Å². The molecule has 1 atom stereocenters. The normalized spacial score (nSPS) is 21.3. The van der Waals surface area contributed by atoms with Crippen molar-refractivity contribution in [1.82, 2.24) is 4.90 Å². The van der Waals surface area contributed by atoms with Crippen molar-refractivity contribution >= 4 is 21.2 Å². The molecule has 1 aromatic heterocycles. The maximum absolute atomic E-state index is 11.5. The number of thiophene rings is 1. The van der Waals surface area contributed by atoms with E-state index in [0.29, 0.717) is 5.75 Å². The van der Waals surface area contributed by atoms with Gasteiger partial charge in [0.1, 0.15) is 5.60 Å². The van der Waals surface area contributed by atoms with Crippen LogP contribution in [-0.4, -0.2) is 48.6 Å². The molecule has 0 aliphatic carbocycles. The summed E-state index contributed by atoms with van der Waals surface area (Å²) in [6, 6.07) is 4.07. The van der Waals surface area contributed by atoms with Gasteiger partial charge in [0.05, 0.1) is 16.4 Å². The van der Waals surface area contributed by atoms with Crippen molar-refractivity contribution in [3.05, 3.63) is 21.9 Å². The minimum Gasteiger partial charge on any atom is -0.378 e. The Balaban J connectivity index is 1.98. The highest BCUT2D eigenvalue weighted by molar-refractivity contribution is 7.91. The fraction of sp³-hybridized carbons (Fsp3) is 0.600. The molecule has 0 amide bonds. The fourth-order valence-electron chi connectivity index (χ4n) is 2.24. The van der Waals surface area contributed by atoms with Crippen LogP contribution < -0.4 is 0 Å². The molecule has 4 nitrogen and oxygen atoms in total. The average molecular weight is 327 g/mol. The van der Waals surface area contributed by atoms with E-state index in [4.69, 9.17) is 0 Å². The second-order valence-corrected chi connectivity index (χ2v) is 9.44. The Kier molecular flexibility index (Phi) is 4.79. The van der Waals surface area contributed by atoms with Crippen molar-refractivity contribution in [3.8, 4) is 11.8 Å². The highest BCUT2D eigenvalue weighted by Gasteiger charge is 2.30. The Morgan fingerprint density at radius 1 is 1.48 bits per heavy atom. The molecule has 116 valence electrons. The molecule has 1 saturated heterocycles. The van der Waals surface area contributed by atoms with Gasteiger partial charge in [0.15, 0.2) is 9.84 Å². The Bertz CT molecular complexity index is 659. The molecular weight excluding hydrogens is 306 g/mol. The molecule has 1 aliphatic heterocycles. The number of sulfone groups is 1. The molecule has 0 saturated carbocycles. The van der Waals surface area contributed by atoms with E-state index in [9.17, 15) is 13.5 Å². The van der Waals surface area contributed by atoms with Gasteiger partial charge in [-0.2, -0.15) is 0 Å². The lowest BCUT2D eigenvalue weighted by Gasteiger charge is -2.22. The van der Waals surface area contributed by atoms with Crippen LogP contribution in [0.3, 0.4) is 0 Å². The van der Waals surface area contributed by atoms with E-state index >= 15 is 0 Å². The molecular formula is C15H21NO3S2. The van der Waals surface area contributed by atoms with E-state index < -0.39 is 15.4 Å². The summed E-state index contributed by atoms with van der Waals surface area (Å²) in [5.74, 6) is 6.32. The Labute approximate surface area is 130 Å². The smallest absolute Gasteiger partial charge is 0.151 e. The third kappa shape index (κ3) is 5.11. The maximum Gasteiger partial charge on any atom is 0.151 e. The van der Waals surface area contributed by atoms with Crippen LogP contribution in [0.15, 0.2) is 12.1 Å². The lowest BCUT2D eigenvalue weighted by Crippen LogP contribution is -2.31. The van der Waals surface area contributed by atoms with E-state index in [1.165, 1.54) is 0 Å². The first-order valence-corrected chi connectivity index (χ1v) is 9.53. The molecule has 0 unspecified atom stereocenters. The van der Waals surface area contributed by atoms with Crippen molar-refractivity contribution in [1.29, 1.82) is 0 Å². The second-order valence-electron chi connectivity index (χ2n) is 6.05. The van der Waals surface area contributed by atoms with Crippen molar-refractivity contribution < 1.29 is 13.5 Å². The van der Waals surface area contributed by atoms with Crippen LogP contribution in [0.1, 0.15) is 30.0 Å². The molecule has 0 radical (unpaired) electrons. The van der Waals surface area contributed by atoms with Gasteiger partial charge in [0.25, 0.3) is 0 Å². The first-order chi connectivity index (χ1) is 9.65. The maximum atomic E-state index is 11.5. The molecule has 1 fully saturated rings. The summed E-state index contributed by atoms with van der Waals surface area (Å²) in [6.07, 6.45) is 0.718. The zero-order chi connectivity index (χ0) is 15.7. The zero-order valence-corrected chi connectivity index (χ0v) is 14.2. The number of rotatable bonds is 3. The van der Waals surface area contributed by atoms with Crippen LogP contribution in [-0.2, 0) is 16.4 Å². The van der Waals surface area contributed by atoms with Crippen molar-refractivity contribution in [2.45, 2.75) is 38.5 Å². The van der Waals surface area contributed by atoms with Crippen LogP contribution in [0.2, 0.25) is 0 Å². The van der Waals surface area contributed by atoms with Gasteiger partial charge >= 0.3 is 0 Å². The molecule has 2 rings (SSSR count). The SMILES string of the molecule is CN(Cc1ccc(C#CC(C)(C)O)s1)[C@H]1CCS(=O)(=O)C1. The molecule has 1 aromatic rings. The van der Waals surface area contributed by atoms with Gasteiger partial charge in [-0.25, -0.2) is 8.42 Å². The number of aliphatic hydroxyl groups is 1. The first-order valence-electron chi connectivity index (χ1n) is 6.89. The summed E-state index contributed by atoms with van der Waals surface area (Å²) >= 11 is 1.58. The average Bonchev–Trinajstić information content (AvgIpc) is 2.92. The van der Waals surface area contributed by atoms with Gasteiger partial charge in [0, 0.05) is 17.5 Å². The van der Waals surface area contributed by atoms with Gasteiger partial charge in [0.2, 0.25) is 0 Å². The van der Waals surface area contributed by atoms with Crippen LogP contribution in [0.4, 0.5) is 0 Å². The van der Waals surface area contributed by atoms with Gasteiger partial charge in [-0.3, -0.25) is 4.90 Å². The molecule has 0 bridgehead atoms.